The van der Waals surface area contributed by atoms with Gasteiger partial charge in [-0.15, -0.1) is 0 Å². The summed E-state index contributed by atoms with van der Waals surface area (Å²) in [4.78, 5) is -0.496. The van der Waals surface area contributed by atoms with E-state index in [0.29, 0.717) is 9.26 Å². The molecule has 0 bridgehead atoms. The molecule has 0 saturated heterocycles. The molecule has 2 rings (SSSR count). The standard InChI is InChI=1S/C12H9BrFIN2O2S/c13-8-5-7(16)6-11(12(8)14)20(18,19)17-10-4-2-1-3-9(10)15/h1-6,17H,16H2. The molecule has 0 aliphatic carbocycles. The van der Waals surface area contributed by atoms with E-state index in [1.54, 1.807) is 24.3 Å². The Morgan fingerprint density at radius 3 is 2.55 bits per heavy atom. The van der Waals surface area contributed by atoms with Crippen molar-refractivity contribution in [2.75, 3.05) is 10.5 Å². The van der Waals surface area contributed by atoms with Crippen molar-refractivity contribution in [2.24, 2.45) is 0 Å². The highest BCUT2D eigenvalue weighted by Gasteiger charge is 2.22. The first kappa shape index (κ1) is 15.5. The molecule has 2 aromatic carbocycles. The van der Waals surface area contributed by atoms with Crippen molar-refractivity contribution in [2.45, 2.75) is 4.90 Å². The monoisotopic (exact) mass is 470 g/mol. The summed E-state index contributed by atoms with van der Waals surface area (Å²) in [6.45, 7) is 0. The molecule has 4 nitrogen and oxygen atoms in total. The SMILES string of the molecule is Nc1cc(Br)c(F)c(S(=O)(=O)Nc2ccccc2I)c1. The Bertz CT molecular complexity index is 768. The molecule has 0 heterocycles. The van der Waals surface area contributed by atoms with Crippen molar-refractivity contribution >= 4 is 59.9 Å². The zero-order chi connectivity index (χ0) is 14.9. The van der Waals surface area contributed by atoms with Crippen molar-refractivity contribution < 1.29 is 12.8 Å². The molecule has 0 fully saturated rings. The van der Waals surface area contributed by atoms with Gasteiger partial charge < -0.3 is 5.73 Å². The van der Waals surface area contributed by atoms with Crippen LogP contribution >= 0.6 is 38.5 Å². The topological polar surface area (TPSA) is 72.2 Å². The van der Waals surface area contributed by atoms with Gasteiger partial charge in [0.25, 0.3) is 10.0 Å². The first-order chi connectivity index (χ1) is 9.31. The van der Waals surface area contributed by atoms with Gasteiger partial charge in [-0.3, -0.25) is 4.72 Å². The average Bonchev–Trinajstić information content (AvgIpc) is 2.36. The van der Waals surface area contributed by atoms with E-state index in [9.17, 15) is 12.8 Å². The van der Waals surface area contributed by atoms with E-state index < -0.39 is 20.7 Å². The zero-order valence-electron chi connectivity index (χ0n) is 9.90. The van der Waals surface area contributed by atoms with Gasteiger partial charge in [0.1, 0.15) is 4.90 Å². The van der Waals surface area contributed by atoms with Gasteiger partial charge in [0.05, 0.1) is 10.2 Å². The van der Waals surface area contributed by atoms with Gasteiger partial charge in [0.15, 0.2) is 5.82 Å². The number of nitrogen functional groups attached to an aromatic ring is 1. The van der Waals surface area contributed by atoms with E-state index in [0.717, 1.165) is 6.07 Å². The quantitative estimate of drug-likeness (QED) is 0.532. The maximum absolute atomic E-state index is 14.0. The predicted octanol–water partition coefficient (Wildman–Crippen LogP) is 3.58. The van der Waals surface area contributed by atoms with E-state index >= 15 is 0 Å². The average molecular weight is 471 g/mol. The van der Waals surface area contributed by atoms with Gasteiger partial charge in [-0.05, 0) is 62.8 Å². The van der Waals surface area contributed by atoms with Crippen LogP contribution in [-0.2, 0) is 10.0 Å². The van der Waals surface area contributed by atoms with Gasteiger partial charge in [-0.1, -0.05) is 12.1 Å². The lowest BCUT2D eigenvalue weighted by molar-refractivity contribution is 0.567. The minimum atomic E-state index is -4.05. The maximum Gasteiger partial charge on any atom is 0.264 e. The second-order valence-corrected chi connectivity index (χ2v) is 7.57. The normalized spacial score (nSPS) is 11.3. The van der Waals surface area contributed by atoms with Crippen LogP contribution in [0.4, 0.5) is 15.8 Å². The minimum Gasteiger partial charge on any atom is -0.399 e. The number of benzene rings is 2. The van der Waals surface area contributed by atoms with Crippen LogP contribution in [-0.4, -0.2) is 8.42 Å². The third-order valence-electron chi connectivity index (χ3n) is 2.42. The van der Waals surface area contributed by atoms with Crippen LogP contribution in [0.25, 0.3) is 0 Å². The van der Waals surface area contributed by atoms with Crippen molar-refractivity contribution in [1.29, 1.82) is 0 Å². The van der Waals surface area contributed by atoms with Crippen LogP contribution in [0, 0.1) is 9.39 Å². The number of sulfonamides is 1. The first-order valence-electron chi connectivity index (χ1n) is 5.33. The molecule has 0 radical (unpaired) electrons. The van der Waals surface area contributed by atoms with Crippen molar-refractivity contribution in [3.63, 3.8) is 0 Å². The lowest BCUT2D eigenvalue weighted by atomic mass is 10.3. The number of nitrogens with two attached hydrogens (primary N) is 1. The number of para-hydroxylation sites is 1. The highest BCUT2D eigenvalue weighted by Crippen LogP contribution is 2.28. The summed E-state index contributed by atoms with van der Waals surface area (Å²) in [5.41, 5.74) is 6.09. The fourth-order valence-electron chi connectivity index (χ4n) is 1.52. The molecule has 0 aliphatic rings. The first-order valence-corrected chi connectivity index (χ1v) is 8.68. The van der Waals surface area contributed by atoms with Crippen molar-refractivity contribution in [3.8, 4) is 0 Å². The molecule has 20 heavy (non-hydrogen) atoms. The van der Waals surface area contributed by atoms with Gasteiger partial charge in [0, 0.05) is 9.26 Å². The van der Waals surface area contributed by atoms with E-state index in [-0.39, 0.29) is 10.2 Å². The number of hydrogen-bond donors (Lipinski definition) is 2. The fourth-order valence-corrected chi connectivity index (χ4v) is 4.05. The summed E-state index contributed by atoms with van der Waals surface area (Å²) in [7, 11) is -4.05. The lowest BCUT2D eigenvalue weighted by Crippen LogP contribution is -2.16. The zero-order valence-corrected chi connectivity index (χ0v) is 14.5. The third-order valence-corrected chi connectivity index (χ3v) is 5.31. The third kappa shape index (κ3) is 3.23. The molecule has 0 unspecified atom stereocenters. The lowest BCUT2D eigenvalue weighted by Gasteiger charge is -2.11. The number of anilines is 2. The van der Waals surface area contributed by atoms with E-state index in [2.05, 4.69) is 20.7 Å². The Kier molecular flexibility index (Phi) is 4.55. The van der Waals surface area contributed by atoms with Crippen molar-refractivity contribution in [1.82, 2.24) is 0 Å². The van der Waals surface area contributed by atoms with Crippen LogP contribution in [0.5, 0.6) is 0 Å². The molecule has 0 amide bonds. The minimum absolute atomic E-state index is 0.000587. The number of hydrogen-bond acceptors (Lipinski definition) is 3. The van der Waals surface area contributed by atoms with Crippen molar-refractivity contribution in [3.05, 3.63) is 50.3 Å². The maximum atomic E-state index is 14.0. The summed E-state index contributed by atoms with van der Waals surface area (Å²) in [6, 6.07) is 9.18. The molecule has 106 valence electrons. The van der Waals surface area contributed by atoms with Gasteiger partial charge in [-0.25, -0.2) is 12.8 Å². The van der Waals surface area contributed by atoms with Crippen LogP contribution < -0.4 is 10.5 Å². The smallest absolute Gasteiger partial charge is 0.264 e. The molecule has 8 heteroatoms. The van der Waals surface area contributed by atoms with Crippen LogP contribution in [0.2, 0.25) is 0 Å². The number of nitrogens with one attached hydrogen (secondary N) is 1. The Hall–Kier alpha value is -0.870. The van der Waals surface area contributed by atoms with Gasteiger partial charge >= 0.3 is 0 Å². The number of halogens is 3. The summed E-state index contributed by atoms with van der Waals surface area (Å²) < 4.78 is 41.5. The molecule has 0 aromatic heterocycles. The molecule has 0 aliphatic heterocycles. The van der Waals surface area contributed by atoms with Crippen LogP contribution in [0.15, 0.2) is 45.8 Å². The Labute approximate surface area is 137 Å². The van der Waals surface area contributed by atoms with Gasteiger partial charge in [0.2, 0.25) is 0 Å². The fraction of sp³-hybridized carbons (Fsp3) is 0. The Morgan fingerprint density at radius 2 is 1.90 bits per heavy atom. The molecule has 0 spiro atoms. The molecule has 2 aromatic rings. The second kappa shape index (κ2) is 5.86. The van der Waals surface area contributed by atoms with E-state index in [4.69, 9.17) is 5.73 Å². The summed E-state index contributed by atoms with van der Waals surface area (Å²) >= 11 is 4.93. The molecule has 3 N–H and O–H groups in total. The van der Waals surface area contributed by atoms with E-state index in [1.165, 1.54) is 6.07 Å². The second-order valence-electron chi connectivity index (χ2n) is 3.90. The number of rotatable bonds is 3. The molecular weight excluding hydrogens is 462 g/mol. The molecule has 0 saturated carbocycles. The molecule has 0 atom stereocenters. The summed E-state index contributed by atoms with van der Waals surface area (Å²) in [5, 5.41) is 0. The highest BCUT2D eigenvalue weighted by atomic mass is 127. The van der Waals surface area contributed by atoms with Crippen LogP contribution in [0.1, 0.15) is 0 Å². The molecular formula is C12H9BrFIN2O2S. The Morgan fingerprint density at radius 1 is 1.25 bits per heavy atom. The highest BCUT2D eigenvalue weighted by molar-refractivity contribution is 14.1. The largest absolute Gasteiger partial charge is 0.399 e. The summed E-state index contributed by atoms with van der Waals surface area (Å²) in [5.74, 6) is -0.877. The predicted molar refractivity (Wildman–Crippen MR) is 88.5 cm³/mol. The van der Waals surface area contributed by atoms with E-state index in [1.807, 2.05) is 22.6 Å². The Balaban J connectivity index is 2.49. The van der Waals surface area contributed by atoms with Crippen LogP contribution in [0.3, 0.4) is 0 Å². The van der Waals surface area contributed by atoms with Gasteiger partial charge in [-0.2, -0.15) is 0 Å². The summed E-state index contributed by atoms with van der Waals surface area (Å²) in [6.07, 6.45) is 0.